The fraction of sp³-hybridized carbons (Fsp3) is 0.750. The highest BCUT2D eigenvalue weighted by atomic mass is 16.1. The van der Waals surface area contributed by atoms with Crippen LogP contribution in [0.1, 0.15) is 34.1 Å². The molecule has 0 atom stereocenters. The normalized spacial score (nSPS) is 16.4. The van der Waals surface area contributed by atoms with E-state index in [9.17, 15) is 4.79 Å². The van der Waals surface area contributed by atoms with Crippen molar-refractivity contribution in [3.05, 3.63) is 12.2 Å². The van der Waals surface area contributed by atoms with Crippen LogP contribution in [-0.2, 0) is 4.79 Å². The Labute approximate surface area is 88.0 Å². The summed E-state index contributed by atoms with van der Waals surface area (Å²) in [5.41, 5.74) is 0. The summed E-state index contributed by atoms with van der Waals surface area (Å²) in [6.45, 7) is 11.2. The summed E-state index contributed by atoms with van der Waals surface area (Å²) < 4.78 is 0. The van der Waals surface area contributed by atoms with Gasteiger partial charge in [0.25, 0.3) is 0 Å². The number of rotatable bonds is 4. The first kappa shape index (κ1) is 13.4. The summed E-state index contributed by atoms with van der Waals surface area (Å²) in [6, 6.07) is 0. The molecule has 1 fully saturated rings. The van der Waals surface area contributed by atoms with Crippen LogP contribution < -0.4 is 0 Å². The topological polar surface area (TPSA) is 20.3 Å². The molecule has 14 heavy (non-hydrogen) atoms. The van der Waals surface area contributed by atoms with Crippen LogP contribution in [0, 0.1) is 5.92 Å². The predicted molar refractivity (Wildman–Crippen MR) is 61.4 cm³/mol. The lowest BCUT2D eigenvalue weighted by molar-refractivity contribution is -0.117. The van der Waals surface area contributed by atoms with Gasteiger partial charge in [-0.3, -0.25) is 9.69 Å². The standard InChI is InChI=1S/C10H17NO.C2H6/c1-9(2)10(12)5-3-6-11-7-4-8-11;1-2/h3,5,9H,4,6-8H2,1-2H3;1-2H3/b5-3+;. The Bertz CT molecular complexity index is 181. The number of allylic oxidation sites excluding steroid dienone is 1. The number of carbonyl (C=O) groups is 1. The second-order valence-corrected chi connectivity index (χ2v) is 3.61. The van der Waals surface area contributed by atoms with E-state index in [0.717, 1.165) is 6.54 Å². The van der Waals surface area contributed by atoms with E-state index < -0.39 is 0 Å². The van der Waals surface area contributed by atoms with Crippen molar-refractivity contribution < 1.29 is 4.79 Å². The number of nitrogens with zero attached hydrogens (tertiary/aromatic N) is 1. The molecule has 0 spiro atoms. The Morgan fingerprint density at radius 2 is 1.93 bits per heavy atom. The van der Waals surface area contributed by atoms with Crippen molar-refractivity contribution in [2.75, 3.05) is 19.6 Å². The van der Waals surface area contributed by atoms with Gasteiger partial charge in [0, 0.05) is 12.5 Å². The summed E-state index contributed by atoms with van der Waals surface area (Å²) in [7, 11) is 0. The van der Waals surface area contributed by atoms with Crippen LogP contribution in [0.4, 0.5) is 0 Å². The average Bonchev–Trinajstić information content (AvgIpc) is 2.12. The van der Waals surface area contributed by atoms with E-state index in [0.29, 0.717) is 0 Å². The molecule has 82 valence electrons. The Hall–Kier alpha value is -0.630. The third-order valence-electron chi connectivity index (χ3n) is 2.16. The molecule has 0 aromatic carbocycles. The molecule has 0 aromatic heterocycles. The van der Waals surface area contributed by atoms with E-state index in [1.165, 1.54) is 19.5 Å². The lowest BCUT2D eigenvalue weighted by Gasteiger charge is -2.29. The van der Waals surface area contributed by atoms with Gasteiger partial charge in [-0.25, -0.2) is 0 Å². The number of likely N-dealkylation sites (tertiary alicyclic amines) is 1. The van der Waals surface area contributed by atoms with Crippen LogP contribution >= 0.6 is 0 Å². The molecule has 1 saturated heterocycles. The van der Waals surface area contributed by atoms with Crippen molar-refractivity contribution in [2.24, 2.45) is 5.92 Å². The van der Waals surface area contributed by atoms with Crippen LogP contribution in [-0.4, -0.2) is 30.3 Å². The van der Waals surface area contributed by atoms with Gasteiger partial charge in [-0.15, -0.1) is 0 Å². The third-order valence-corrected chi connectivity index (χ3v) is 2.16. The molecule has 0 radical (unpaired) electrons. The molecule has 1 aliphatic heterocycles. The summed E-state index contributed by atoms with van der Waals surface area (Å²) in [6.07, 6.45) is 5.00. The predicted octanol–water partition coefficient (Wildman–Crippen LogP) is 2.50. The first-order valence-electron chi connectivity index (χ1n) is 5.63. The first-order chi connectivity index (χ1) is 6.70. The zero-order valence-electron chi connectivity index (χ0n) is 9.92. The highest BCUT2D eigenvalue weighted by Crippen LogP contribution is 2.04. The van der Waals surface area contributed by atoms with Gasteiger partial charge < -0.3 is 0 Å². The fourth-order valence-corrected chi connectivity index (χ4v) is 1.07. The van der Waals surface area contributed by atoms with Crippen LogP contribution in [0.15, 0.2) is 12.2 Å². The van der Waals surface area contributed by atoms with E-state index in [2.05, 4.69) is 4.90 Å². The van der Waals surface area contributed by atoms with Gasteiger partial charge in [-0.05, 0) is 25.6 Å². The molecule has 0 aliphatic carbocycles. The zero-order chi connectivity index (χ0) is 11.0. The second-order valence-electron chi connectivity index (χ2n) is 3.61. The number of hydrogen-bond acceptors (Lipinski definition) is 2. The fourth-order valence-electron chi connectivity index (χ4n) is 1.07. The Morgan fingerprint density at radius 3 is 2.29 bits per heavy atom. The van der Waals surface area contributed by atoms with Gasteiger partial charge in [0.05, 0.1) is 0 Å². The molecule has 1 aliphatic rings. The highest BCUT2D eigenvalue weighted by Gasteiger charge is 2.11. The van der Waals surface area contributed by atoms with Crippen molar-refractivity contribution in [1.29, 1.82) is 0 Å². The summed E-state index contributed by atoms with van der Waals surface area (Å²) in [4.78, 5) is 13.4. The Kier molecular flexibility index (Phi) is 7.40. The highest BCUT2D eigenvalue weighted by molar-refractivity contribution is 5.91. The molecular weight excluding hydrogens is 174 g/mol. The minimum Gasteiger partial charge on any atom is -0.300 e. The quantitative estimate of drug-likeness (QED) is 0.645. The first-order valence-corrected chi connectivity index (χ1v) is 5.63. The second kappa shape index (κ2) is 7.74. The van der Waals surface area contributed by atoms with Crippen molar-refractivity contribution >= 4 is 5.78 Å². The molecule has 0 aromatic rings. The molecule has 0 amide bonds. The summed E-state index contributed by atoms with van der Waals surface area (Å²) in [5, 5.41) is 0. The molecule has 2 heteroatoms. The van der Waals surface area contributed by atoms with Crippen LogP contribution in [0.5, 0.6) is 0 Å². The maximum Gasteiger partial charge on any atom is 0.157 e. The largest absolute Gasteiger partial charge is 0.300 e. The lowest BCUT2D eigenvalue weighted by atomic mass is 10.1. The van der Waals surface area contributed by atoms with E-state index in [4.69, 9.17) is 0 Å². The van der Waals surface area contributed by atoms with E-state index >= 15 is 0 Å². The van der Waals surface area contributed by atoms with E-state index in [1.54, 1.807) is 6.08 Å². The number of ketones is 1. The van der Waals surface area contributed by atoms with Crippen LogP contribution in [0.25, 0.3) is 0 Å². The molecule has 0 N–H and O–H groups in total. The van der Waals surface area contributed by atoms with Crippen molar-refractivity contribution in [3.63, 3.8) is 0 Å². The third kappa shape index (κ3) is 5.18. The summed E-state index contributed by atoms with van der Waals surface area (Å²) in [5.74, 6) is 0.369. The number of carbonyl (C=O) groups excluding carboxylic acids is 1. The summed E-state index contributed by atoms with van der Waals surface area (Å²) >= 11 is 0. The molecule has 0 bridgehead atoms. The smallest absolute Gasteiger partial charge is 0.157 e. The molecule has 0 saturated carbocycles. The minimum atomic E-state index is 0.137. The van der Waals surface area contributed by atoms with Crippen molar-refractivity contribution in [1.82, 2.24) is 4.90 Å². The Morgan fingerprint density at radius 1 is 1.36 bits per heavy atom. The van der Waals surface area contributed by atoms with Crippen LogP contribution in [0.3, 0.4) is 0 Å². The number of hydrogen-bond donors (Lipinski definition) is 0. The maximum absolute atomic E-state index is 11.1. The lowest BCUT2D eigenvalue weighted by Crippen LogP contribution is -2.37. The van der Waals surface area contributed by atoms with Gasteiger partial charge >= 0.3 is 0 Å². The molecular formula is C12H23NO. The van der Waals surface area contributed by atoms with E-state index in [-0.39, 0.29) is 11.7 Å². The van der Waals surface area contributed by atoms with Gasteiger partial charge in [-0.1, -0.05) is 33.8 Å². The van der Waals surface area contributed by atoms with Gasteiger partial charge in [0.2, 0.25) is 0 Å². The van der Waals surface area contributed by atoms with Gasteiger partial charge in [-0.2, -0.15) is 0 Å². The van der Waals surface area contributed by atoms with Crippen molar-refractivity contribution in [3.8, 4) is 0 Å². The van der Waals surface area contributed by atoms with Crippen molar-refractivity contribution in [2.45, 2.75) is 34.1 Å². The average molecular weight is 197 g/mol. The zero-order valence-corrected chi connectivity index (χ0v) is 9.92. The molecule has 0 unspecified atom stereocenters. The monoisotopic (exact) mass is 197 g/mol. The van der Waals surface area contributed by atoms with E-state index in [1.807, 2.05) is 33.8 Å². The molecule has 1 heterocycles. The minimum absolute atomic E-state index is 0.137. The van der Waals surface area contributed by atoms with Gasteiger partial charge in [0.15, 0.2) is 5.78 Å². The van der Waals surface area contributed by atoms with Crippen LogP contribution in [0.2, 0.25) is 0 Å². The van der Waals surface area contributed by atoms with Gasteiger partial charge in [0.1, 0.15) is 0 Å². The Balaban J connectivity index is 0.000000791. The maximum atomic E-state index is 11.1. The SMILES string of the molecule is CC.CC(C)C(=O)/C=C/CN1CCC1. The molecule has 1 rings (SSSR count). The molecule has 2 nitrogen and oxygen atoms in total.